The zero-order valence-electron chi connectivity index (χ0n) is 9.40. The van der Waals surface area contributed by atoms with Crippen molar-refractivity contribution in [1.82, 2.24) is 10.3 Å². The average molecular weight is 242 g/mol. The second-order valence-electron chi connectivity index (χ2n) is 3.53. The van der Waals surface area contributed by atoms with Crippen LogP contribution in [0.15, 0.2) is 0 Å². The summed E-state index contributed by atoms with van der Waals surface area (Å²) < 4.78 is 0. The zero-order chi connectivity index (χ0) is 12.3. The first-order valence-electron chi connectivity index (χ1n) is 4.85. The van der Waals surface area contributed by atoms with Crippen LogP contribution in [0.3, 0.4) is 0 Å². The maximum Gasteiger partial charge on any atom is 0.315 e. The molecule has 88 valence electrons. The molecule has 1 unspecified atom stereocenters. The molecule has 0 aliphatic rings. The van der Waals surface area contributed by atoms with E-state index < -0.39 is 17.8 Å². The summed E-state index contributed by atoms with van der Waals surface area (Å²) in [5, 5.41) is 12.0. The van der Waals surface area contributed by atoms with Crippen LogP contribution in [0.4, 0.5) is 0 Å². The van der Waals surface area contributed by atoms with Gasteiger partial charge in [0.05, 0.1) is 12.2 Å². The number of carboxylic acids is 1. The Morgan fingerprint density at radius 1 is 1.50 bits per heavy atom. The molecule has 0 radical (unpaired) electrons. The molecule has 0 bridgehead atoms. The molecule has 0 fully saturated rings. The van der Waals surface area contributed by atoms with E-state index >= 15 is 0 Å². The lowest BCUT2D eigenvalue weighted by molar-refractivity contribution is -0.146. The fourth-order valence-electron chi connectivity index (χ4n) is 1.04. The molecule has 1 heterocycles. The van der Waals surface area contributed by atoms with E-state index in [2.05, 4.69) is 10.3 Å². The number of carboxylic acid groups (broad SMARTS) is 1. The highest BCUT2D eigenvalue weighted by atomic mass is 32.1. The lowest BCUT2D eigenvalue weighted by Gasteiger charge is -2.06. The fraction of sp³-hybridized carbons (Fsp3) is 0.500. The molecule has 0 aliphatic carbocycles. The molecule has 1 atom stereocenters. The van der Waals surface area contributed by atoms with Crippen molar-refractivity contribution in [2.24, 2.45) is 5.92 Å². The molecule has 1 rings (SSSR count). The van der Waals surface area contributed by atoms with Crippen molar-refractivity contribution in [3.63, 3.8) is 0 Å². The summed E-state index contributed by atoms with van der Waals surface area (Å²) in [5.74, 6) is -2.64. The number of thiazole rings is 1. The molecule has 0 spiro atoms. The molecule has 1 amide bonds. The van der Waals surface area contributed by atoms with Gasteiger partial charge in [-0.05, 0) is 20.8 Å². The molecule has 0 saturated carbocycles. The number of rotatable bonds is 4. The molecule has 0 saturated heterocycles. The molecule has 2 N–H and O–H groups in total. The Morgan fingerprint density at radius 2 is 2.12 bits per heavy atom. The predicted octanol–water partition coefficient (Wildman–Crippen LogP) is 1.10. The van der Waals surface area contributed by atoms with E-state index in [4.69, 9.17) is 5.11 Å². The summed E-state index contributed by atoms with van der Waals surface area (Å²) in [6.07, 6.45) is 0. The van der Waals surface area contributed by atoms with Crippen LogP contribution >= 0.6 is 11.3 Å². The van der Waals surface area contributed by atoms with Gasteiger partial charge in [0.2, 0.25) is 5.91 Å². The summed E-state index contributed by atoms with van der Waals surface area (Å²) in [5.41, 5.74) is 0.945. The van der Waals surface area contributed by atoms with Gasteiger partial charge < -0.3 is 10.4 Å². The van der Waals surface area contributed by atoms with Crippen molar-refractivity contribution in [2.75, 3.05) is 0 Å². The second kappa shape index (κ2) is 5.07. The highest BCUT2D eigenvalue weighted by molar-refractivity contribution is 7.11. The SMILES string of the molecule is Cc1nc(CNC(=O)C(C)C(=O)O)sc1C. The van der Waals surface area contributed by atoms with E-state index in [1.807, 2.05) is 13.8 Å². The number of aromatic nitrogens is 1. The summed E-state index contributed by atoms with van der Waals surface area (Å²) in [7, 11) is 0. The van der Waals surface area contributed by atoms with Gasteiger partial charge in [0.15, 0.2) is 0 Å². The highest BCUT2D eigenvalue weighted by Gasteiger charge is 2.20. The van der Waals surface area contributed by atoms with Crippen molar-refractivity contribution >= 4 is 23.2 Å². The van der Waals surface area contributed by atoms with Crippen molar-refractivity contribution in [2.45, 2.75) is 27.3 Å². The van der Waals surface area contributed by atoms with Crippen molar-refractivity contribution in [3.8, 4) is 0 Å². The van der Waals surface area contributed by atoms with Gasteiger partial charge in [0, 0.05) is 4.88 Å². The number of hydrogen-bond acceptors (Lipinski definition) is 4. The summed E-state index contributed by atoms with van der Waals surface area (Å²) in [6, 6.07) is 0. The zero-order valence-corrected chi connectivity index (χ0v) is 10.2. The first kappa shape index (κ1) is 12.6. The smallest absolute Gasteiger partial charge is 0.315 e. The number of hydrogen-bond donors (Lipinski definition) is 2. The van der Waals surface area contributed by atoms with E-state index in [0.29, 0.717) is 0 Å². The number of aliphatic carboxylic acids is 1. The molecule has 0 aromatic carbocycles. The minimum absolute atomic E-state index is 0.287. The van der Waals surface area contributed by atoms with Crippen LogP contribution in [0.25, 0.3) is 0 Å². The predicted molar refractivity (Wildman–Crippen MR) is 60.2 cm³/mol. The van der Waals surface area contributed by atoms with E-state index in [-0.39, 0.29) is 6.54 Å². The van der Waals surface area contributed by atoms with Crippen LogP contribution in [-0.2, 0) is 16.1 Å². The Balaban J connectivity index is 2.52. The van der Waals surface area contributed by atoms with Gasteiger partial charge in [-0.2, -0.15) is 0 Å². The highest BCUT2D eigenvalue weighted by Crippen LogP contribution is 2.16. The van der Waals surface area contributed by atoms with Gasteiger partial charge >= 0.3 is 5.97 Å². The van der Waals surface area contributed by atoms with Crippen LogP contribution in [0.2, 0.25) is 0 Å². The number of nitrogens with zero attached hydrogens (tertiary/aromatic N) is 1. The Morgan fingerprint density at radius 3 is 2.56 bits per heavy atom. The lowest BCUT2D eigenvalue weighted by Crippen LogP contribution is -2.33. The van der Waals surface area contributed by atoms with E-state index in [1.165, 1.54) is 18.3 Å². The third-order valence-corrected chi connectivity index (χ3v) is 3.32. The Labute approximate surface area is 97.5 Å². The molecular weight excluding hydrogens is 228 g/mol. The summed E-state index contributed by atoms with van der Waals surface area (Å²) in [4.78, 5) is 27.2. The topological polar surface area (TPSA) is 79.3 Å². The largest absolute Gasteiger partial charge is 0.481 e. The number of carbonyl (C=O) groups excluding carboxylic acids is 1. The normalized spacial score (nSPS) is 12.2. The molecule has 5 nitrogen and oxygen atoms in total. The minimum atomic E-state index is -1.12. The van der Waals surface area contributed by atoms with E-state index in [0.717, 1.165) is 15.6 Å². The molecule has 6 heteroatoms. The third kappa shape index (κ3) is 3.03. The first-order valence-corrected chi connectivity index (χ1v) is 5.67. The molecule has 1 aromatic rings. The van der Waals surface area contributed by atoms with E-state index in [9.17, 15) is 9.59 Å². The fourth-order valence-corrected chi connectivity index (χ4v) is 1.92. The van der Waals surface area contributed by atoms with Gasteiger partial charge in [-0.25, -0.2) is 4.98 Å². The number of carbonyl (C=O) groups is 2. The Bertz CT molecular complexity index is 395. The molecule has 16 heavy (non-hydrogen) atoms. The standard InChI is InChI=1S/C10H14N2O3S/c1-5(10(14)15)9(13)11-4-8-12-6(2)7(3)16-8/h5H,4H2,1-3H3,(H,11,13)(H,14,15). The van der Waals surface area contributed by atoms with Crippen LogP contribution in [-0.4, -0.2) is 22.0 Å². The monoisotopic (exact) mass is 242 g/mol. The summed E-state index contributed by atoms with van der Waals surface area (Å²) in [6.45, 7) is 5.50. The van der Waals surface area contributed by atoms with Crippen LogP contribution in [0.1, 0.15) is 22.5 Å². The number of amides is 1. The summed E-state index contributed by atoms with van der Waals surface area (Å²) >= 11 is 1.50. The van der Waals surface area contributed by atoms with Crippen molar-refractivity contribution in [1.29, 1.82) is 0 Å². The number of aryl methyl sites for hydroxylation is 2. The number of nitrogens with one attached hydrogen (secondary N) is 1. The second-order valence-corrected chi connectivity index (χ2v) is 4.81. The van der Waals surface area contributed by atoms with Crippen molar-refractivity contribution in [3.05, 3.63) is 15.6 Å². The van der Waals surface area contributed by atoms with Crippen LogP contribution in [0.5, 0.6) is 0 Å². The van der Waals surface area contributed by atoms with Crippen LogP contribution < -0.4 is 5.32 Å². The molecule has 0 aliphatic heterocycles. The third-order valence-electron chi connectivity index (χ3n) is 2.25. The quantitative estimate of drug-likeness (QED) is 0.775. The molecular formula is C10H14N2O3S. The molecule has 1 aromatic heterocycles. The Hall–Kier alpha value is -1.43. The van der Waals surface area contributed by atoms with Gasteiger partial charge in [-0.3, -0.25) is 9.59 Å². The maximum absolute atomic E-state index is 11.3. The van der Waals surface area contributed by atoms with Gasteiger partial charge in [0.1, 0.15) is 10.9 Å². The Kier molecular flexibility index (Phi) is 4.00. The first-order chi connectivity index (χ1) is 7.41. The minimum Gasteiger partial charge on any atom is -0.481 e. The average Bonchev–Trinajstić information content (AvgIpc) is 2.53. The lowest BCUT2D eigenvalue weighted by atomic mass is 10.2. The maximum atomic E-state index is 11.3. The van der Waals surface area contributed by atoms with Crippen molar-refractivity contribution < 1.29 is 14.7 Å². The van der Waals surface area contributed by atoms with E-state index in [1.54, 1.807) is 0 Å². The van der Waals surface area contributed by atoms with Gasteiger partial charge in [0.25, 0.3) is 0 Å². The van der Waals surface area contributed by atoms with Crippen LogP contribution in [0, 0.1) is 19.8 Å². The van der Waals surface area contributed by atoms with Gasteiger partial charge in [-0.15, -0.1) is 11.3 Å². The van der Waals surface area contributed by atoms with Gasteiger partial charge in [-0.1, -0.05) is 0 Å².